The summed E-state index contributed by atoms with van der Waals surface area (Å²) in [6.07, 6.45) is 0.0927. The summed E-state index contributed by atoms with van der Waals surface area (Å²) in [5.74, 6) is -1.49. The molecule has 0 radical (unpaired) electrons. The average Bonchev–Trinajstić information content (AvgIpc) is 3.47. The van der Waals surface area contributed by atoms with Crippen LogP contribution in [0.3, 0.4) is 0 Å². The van der Waals surface area contributed by atoms with Gasteiger partial charge in [0.1, 0.15) is 18.2 Å². The van der Waals surface area contributed by atoms with E-state index in [1.54, 1.807) is 20.8 Å². The van der Waals surface area contributed by atoms with Gasteiger partial charge >= 0.3 is 18.2 Å². The first-order chi connectivity index (χ1) is 17.1. The van der Waals surface area contributed by atoms with Gasteiger partial charge in [0.2, 0.25) is 0 Å². The molecule has 0 aromatic heterocycles. The van der Waals surface area contributed by atoms with Crippen LogP contribution < -0.4 is 5.32 Å². The third kappa shape index (κ3) is 4.40. The second-order valence-electron chi connectivity index (χ2n) is 10.9. The topological polar surface area (TPSA) is 105 Å². The minimum absolute atomic E-state index is 0.0370. The normalized spacial score (nSPS) is 24.6. The van der Waals surface area contributed by atoms with E-state index in [1.165, 1.54) is 4.90 Å². The Kier molecular flexibility index (Phi) is 6.14. The lowest BCUT2D eigenvalue weighted by Gasteiger charge is -2.28. The molecule has 8 nitrogen and oxygen atoms in total. The van der Waals surface area contributed by atoms with Crippen molar-refractivity contribution >= 4 is 18.2 Å². The van der Waals surface area contributed by atoms with Gasteiger partial charge in [0.15, 0.2) is 0 Å². The Hall–Kier alpha value is -3.55. The second-order valence-corrected chi connectivity index (χ2v) is 10.9. The summed E-state index contributed by atoms with van der Waals surface area (Å²) in [4.78, 5) is 38.9. The molecular formula is C28H32N2O6. The van der Waals surface area contributed by atoms with Crippen LogP contribution >= 0.6 is 0 Å². The molecular weight excluding hydrogens is 460 g/mol. The van der Waals surface area contributed by atoms with E-state index in [4.69, 9.17) is 9.47 Å². The van der Waals surface area contributed by atoms with Crippen molar-refractivity contribution in [2.24, 2.45) is 11.8 Å². The molecule has 0 unspecified atom stereocenters. The van der Waals surface area contributed by atoms with E-state index in [0.29, 0.717) is 12.8 Å². The lowest BCUT2D eigenvalue weighted by atomic mass is 9.92. The predicted molar refractivity (Wildman–Crippen MR) is 133 cm³/mol. The zero-order chi connectivity index (χ0) is 25.6. The molecule has 36 heavy (non-hydrogen) atoms. The van der Waals surface area contributed by atoms with Crippen LogP contribution in [0.5, 0.6) is 0 Å². The minimum Gasteiger partial charge on any atom is -0.480 e. The van der Waals surface area contributed by atoms with Gasteiger partial charge in [0, 0.05) is 24.4 Å². The van der Waals surface area contributed by atoms with Gasteiger partial charge in [-0.05, 0) is 61.8 Å². The molecule has 1 saturated carbocycles. The summed E-state index contributed by atoms with van der Waals surface area (Å²) in [5.41, 5.74) is 3.87. The lowest BCUT2D eigenvalue weighted by Crippen LogP contribution is -2.45. The maximum Gasteiger partial charge on any atom is 0.411 e. The maximum atomic E-state index is 12.8. The first kappa shape index (κ1) is 24.2. The van der Waals surface area contributed by atoms with Crippen LogP contribution in [-0.4, -0.2) is 59.0 Å². The summed E-state index contributed by atoms with van der Waals surface area (Å²) in [6.45, 7) is 5.69. The Bertz CT molecular complexity index is 1140. The Morgan fingerprint density at radius 2 is 1.58 bits per heavy atom. The van der Waals surface area contributed by atoms with Crippen LogP contribution in [0, 0.1) is 11.8 Å². The number of ether oxygens (including phenoxy) is 2. The standard InChI is InChI=1S/C28H32N2O6/c1-28(2,3)36-27(34)30-14-21-20(24(30)25(31)32)12-13-23(21)29-26(33)35-15-22-18-10-6-4-8-16(18)17-9-5-7-11-19(17)22/h4-11,20-24H,12-15H2,1-3H3,(H,29,33)(H,31,32)/t20-,21-,23-,24-/m0/s1. The number of hydrogen-bond acceptors (Lipinski definition) is 5. The zero-order valence-corrected chi connectivity index (χ0v) is 20.8. The van der Waals surface area contributed by atoms with Gasteiger partial charge < -0.3 is 19.9 Å². The zero-order valence-electron chi connectivity index (χ0n) is 20.8. The van der Waals surface area contributed by atoms with Crippen LogP contribution in [0.15, 0.2) is 48.5 Å². The van der Waals surface area contributed by atoms with E-state index >= 15 is 0 Å². The number of nitrogens with one attached hydrogen (secondary N) is 1. The van der Waals surface area contributed by atoms with Crippen molar-refractivity contribution in [3.63, 3.8) is 0 Å². The van der Waals surface area contributed by atoms with Crippen LogP contribution in [0.2, 0.25) is 0 Å². The number of hydrogen-bond donors (Lipinski definition) is 2. The summed E-state index contributed by atoms with van der Waals surface area (Å²) >= 11 is 0. The van der Waals surface area contributed by atoms with Gasteiger partial charge in [-0.25, -0.2) is 14.4 Å². The molecule has 2 fully saturated rings. The molecule has 2 N–H and O–H groups in total. The number of alkyl carbamates (subject to hydrolysis) is 1. The van der Waals surface area contributed by atoms with E-state index in [-0.39, 0.29) is 36.9 Å². The number of carboxylic acid groups (broad SMARTS) is 1. The van der Waals surface area contributed by atoms with Crippen LogP contribution in [0.1, 0.15) is 50.7 Å². The Morgan fingerprint density at radius 1 is 0.972 bits per heavy atom. The van der Waals surface area contributed by atoms with Gasteiger partial charge in [0.25, 0.3) is 0 Å². The van der Waals surface area contributed by atoms with Gasteiger partial charge in [-0.2, -0.15) is 0 Å². The number of fused-ring (bicyclic) bond motifs is 4. The number of carbonyl (C=O) groups excluding carboxylic acids is 2. The lowest BCUT2D eigenvalue weighted by molar-refractivity contribution is -0.143. The quantitative estimate of drug-likeness (QED) is 0.645. The molecule has 2 aromatic rings. The van der Waals surface area contributed by atoms with Crippen molar-refractivity contribution < 1.29 is 29.0 Å². The highest BCUT2D eigenvalue weighted by Gasteiger charge is 2.54. The number of benzene rings is 2. The maximum absolute atomic E-state index is 12.8. The SMILES string of the molecule is CC(C)(C)OC(=O)N1C[C@H]2[C@H](CC[C@@H]2NC(=O)OCC2c3ccccc3-c3ccccc32)[C@H]1C(=O)O. The van der Waals surface area contributed by atoms with E-state index in [2.05, 4.69) is 29.6 Å². The van der Waals surface area contributed by atoms with E-state index < -0.39 is 29.8 Å². The summed E-state index contributed by atoms with van der Waals surface area (Å²) in [5, 5.41) is 12.8. The molecule has 1 saturated heterocycles. The van der Waals surface area contributed by atoms with Crippen molar-refractivity contribution in [2.45, 2.75) is 57.2 Å². The second kappa shape index (κ2) is 9.15. The molecule has 3 aliphatic rings. The van der Waals surface area contributed by atoms with Crippen molar-refractivity contribution in [1.29, 1.82) is 0 Å². The summed E-state index contributed by atoms with van der Waals surface area (Å²) < 4.78 is 11.1. The molecule has 8 heteroatoms. The Morgan fingerprint density at radius 3 is 2.17 bits per heavy atom. The molecule has 4 atom stereocenters. The monoisotopic (exact) mass is 492 g/mol. The first-order valence-electron chi connectivity index (χ1n) is 12.5. The number of carboxylic acids is 1. The van der Waals surface area contributed by atoms with Crippen LogP contribution in [-0.2, 0) is 14.3 Å². The molecule has 0 spiro atoms. The van der Waals surface area contributed by atoms with Crippen molar-refractivity contribution in [1.82, 2.24) is 10.2 Å². The fourth-order valence-electron chi connectivity index (χ4n) is 6.12. The molecule has 2 amide bonds. The van der Waals surface area contributed by atoms with Crippen molar-refractivity contribution in [3.05, 3.63) is 59.7 Å². The predicted octanol–water partition coefficient (Wildman–Crippen LogP) is 4.62. The molecule has 1 aliphatic heterocycles. The third-order valence-electron chi connectivity index (χ3n) is 7.55. The van der Waals surface area contributed by atoms with E-state index in [1.807, 2.05) is 24.3 Å². The minimum atomic E-state index is -1.05. The molecule has 190 valence electrons. The number of nitrogens with zero attached hydrogens (tertiary/aromatic N) is 1. The van der Waals surface area contributed by atoms with Gasteiger partial charge in [-0.3, -0.25) is 4.90 Å². The van der Waals surface area contributed by atoms with Gasteiger partial charge in [-0.15, -0.1) is 0 Å². The number of amides is 2. The van der Waals surface area contributed by atoms with Crippen LogP contribution in [0.4, 0.5) is 9.59 Å². The van der Waals surface area contributed by atoms with Gasteiger partial charge in [-0.1, -0.05) is 48.5 Å². The number of likely N-dealkylation sites (tertiary alicyclic amines) is 1. The third-order valence-corrected chi connectivity index (χ3v) is 7.55. The highest BCUT2D eigenvalue weighted by Crippen LogP contribution is 2.45. The number of rotatable bonds is 4. The van der Waals surface area contributed by atoms with Gasteiger partial charge in [0.05, 0.1) is 0 Å². The summed E-state index contributed by atoms with van der Waals surface area (Å²) in [7, 11) is 0. The molecule has 0 bridgehead atoms. The fourth-order valence-corrected chi connectivity index (χ4v) is 6.12. The molecule has 1 heterocycles. The number of carbonyl (C=O) groups is 3. The smallest absolute Gasteiger partial charge is 0.411 e. The van der Waals surface area contributed by atoms with E-state index in [9.17, 15) is 19.5 Å². The highest BCUT2D eigenvalue weighted by atomic mass is 16.6. The number of aliphatic carboxylic acids is 1. The molecule has 2 aromatic carbocycles. The Labute approximate surface area is 210 Å². The average molecular weight is 493 g/mol. The fraction of sp³-hybridized carbons (Fsp3) is 0.464. The molecule has 2 aliphatic carbocycles. The first-order valence-corrected chi connectivity index (χ1v) is 12.5. The van der Waals surface area contributed by atoms with Crippen molar-refractivity contribution in [2.75, 3.05) is 13.2 Å². The van der Waals surface area contributed by atoms with Crippen LogP contribution in [0.25, 0.3) is 11.1 Å². The van der Waals surface area contributed by atoms with Crippen molar-refractivity contribution in [3.8, 4) is 11.1 Å². The van der Waals surface area contributed by atoms with E-state index in [0.717, 1.165) is 22.3 Å². The molecule has 5 rings (SSSR count). The highest BCUT2D eigenvalue weighted by molar-refractivity contribution is 5.82. The summed E-state index contributed by atoms with van der Waals surface area (Å²) in [6, 6.07) is 15.1. The largest absolute Gasteiger partial charge is 0.480 e. The Balaban J connectivity index is 1.24.